The highest BCUT2D eigenvalue weighted by molar-refractivity contribution is 7.99. The van der Waals surface area contributed by atoms with Gasteiger partial charge in [0, 0.05) is 60.7 Å². The first-order valence-electron chi connectivity index (χ1n) is 13.7. The predicted octanol–water partition coefficient (Wildman–Crippen LogP) is 4.18. The molecule has 2 aromatic carbocycles. The van der Waals surface area contributed by atoms with Gasteiger partial charge in [0.1, 0.15) is 11.5 Å². The smallest absolute Gasteiger partial charge is 0.260 e. The Labute approximate surface area is 250 Å². The van der Waals surface area contributed by atoms with Crippen molar-refractivity contribution in [3.63, 3.8) is 0 Å². The Balaban J connectivity index is 1.53. The van der Waals surface area contributed by atoms with Crippen LogP contribution in [0.15, 0.2) is 64.4 Å². The van der Waals surface area contributed by atoms with E-state index in [2.05, 4.69) is 21.2 Å². The monoisotopic (exact) mass is 627 g/mol. The number of halogens is 1. The van der Waals surface area contributed by atoms with Crippen LogP contribution in [0.4, 0.5) is 16.0 Å². The Hall–Kier alpha value is -3.65. The zero-order valence-electron chi connectivity index (χ0n) is 24.2. The number of ether oxygens (including phenoxy) is 1. The number of benzene rings is 2. The van der Waals surface area contributed by atoms with Crippen molar-refractivity contribution in [2.75, 3.05) is 38.0 Å². The van der Waals surface area contributed by atoms with E-state index in [4.69, 9.17) is 4.74 Å². The van der Waals surface area contributed by atoms with Crippen molar-refractivity contribution in [2.24, 2.45) is 0 Å². The zero-order valence-corrected chi connectivity index (χ0v) is 25.9. The van der Waals surface area contributed by atoms with E-state index in [0.29, 0.717) is 5.39 Å². The van der Waals surface area contributed by atoms with Crippen molar-refractivity contribution < 1.29 is 21.8 Å². The van der Waals surface area contributed by atoms with Gasteiger partial charge in [0.05, 0.1) is 17.9 Å². The van der Waals surface area contributed by atoms with Crippen LogP contribution in [0.25, 0.3) is 22.2 Å². The molecule has 1 N–H and O–H groups in total. The van der Waals surface area contributed by atoms with Gasteiger partial charge in [-0.2, -0.15) is 4.98 Å². The molecule has 3 heterocycles. The molecular weight excluding hydrogens is 593 g/mol. The Kier molecular flexibility index (Phi) is 8.70. The standard InChI is InChI=1S/C30H34FN5O5S2/c1-35(43(4,39)40)14-15-36-28-21(17-25(29(36)37)24-13-12-23(18-26(24)31)42(2,3)38)19-32-30(34-28)33-22-10-8-20(9-11-22)27-7-5-6-16-41-27/h8-13,17-19,27H,2,5-7,14-16H2,1,3-4H3,(H,32,33,34). The lowest BCUT2D eigenvalue weighted by atomic mass is 10.0. The maximum absolute atomic E-state index is 15.3. The average molecular weight is 628 g/mol. The summed E-state index contributed by atoms with van der Waals surface area (Å²) in [6.45, 7) is 0.698. The second kappa shape index (κ2) is 12.2. The first-order chi connectivity index (χ1) is 20.3. The van der Waals surface area contributed by atoms with Gasteiger partial charge in [-0.3, -0.25) is 13.6 Å². The minimum absolute atomic E-state index is 0.00811. The van der Waals surface area contributed by atoms with E-state index in [9.17, 15) is 17.4 Å². The van der Waals surface area contributed by atoms with Gasteiger partial charge in [-0.25, -0.2) is 22.1 Å². The van der Waals surface area contributed by atoms with Crippen LogP contribution < -0.4 is 10.9 Å². The molecule has 1 aliphatic heterocycles. The van der Waals surface area contributed by atoms with Crippen LogP contribution in [0.2, 0.25) is 0 Å². The summed E-state index contributed by atoms with van der Waals surface area (Å²) in [6.07, 6.45) is 7.28. The fraction of sp³-hybridized carbons (Fsp3) is 0.333. The van der Waals surface area contributed by atoms with Crippen LogP contribution >= 0.6 is 0 Å². The normalized spacial score (nSPS) is 17.2. The van der Waals surface area contributed by atoms with Gasteiger partial charge < -0.3 is 10.1 Å². The number of nitrogens with zero attached hydrogens (tertiary/aromatic N) is 4. The summed E-state index contributed by atoms with van der Waals surface area (Å²) in [7, 11) is -4.77. The molecule has 13 heteroatoms. The molecule has 0 aliphatic carbocycles. The molecule has 43 heavy (non-hydrogen) atoms. The number of sulfonamides is 1. The fourth-order valence-electron chi connectivity index (χ4n) is 4.92. The molecule has 1 fully saturated rings. The van der Waals surface area contributed by atoms with E-state index in [1.54, 1.807) is 0 Å². The van der Waals surface area contributed by atoms with Gasteiger partial charge in [0.25, 0.3) is 5.56 Å². The van der Waals surface area contributed by atoms with E-state index in [1.165, 1.54) is 42.3 Å². The minimum atomic E-state index is -3.52. The third-order valence-corrected chi connectivity index (χ3v) is 10.0. The Morgan fingerprint density at radius 1 is 1.09 bits per heavy atom. The second-order valence-electron chi connectivity index (χ2n) is 10.8. The van der Waals surface area contributed by atoms with Crippen LogP contribution in [0, 0.1) is 5.82 Å². The molecule has 228 valence electrons. The Bertz CT molecular complexity index is 1940. The van der Waals surface area contributed by atoms with Gasteiger partial charge >= 0.3 is 0 Å². The van der Waals surface area contributed by atoms with E-state index in [-0.39, 0.29) is 46.8 Å². The van der Waals surface area contributed by atoms with Crippen LogP contribution in [0.3, 0.4) is 0 Å². The maximum Gasteiger partial charge on any atom is 0.260 e. The number of anilines is 2. The number of hydrogen-bond acceptors (Lipinski definition) is 8. The van der Waals surface area contributed by atoms with E-state index >= 15 is 4.39 Å². The summed E-state index contributed by atoms with van der Waals surface area (Å²) in [5.74, 6) is 3.10. The molecule has 1 aliphatic rings. The Morgan fingerprint density at radius 3 is 2.47 bits per heavy atom. The van der Waals surface area contributed by atoms with Gasteiger partial charge in [0.15, 0.2) is 0 Å². The van der Waals surface area contributed by atoms with Gasteiger partial charge in [-0.15, -0.1) is 0 Å². The third-order valence-electron chi connectivity index (χ3n) is 7.48. The summed E-state index contributed by atoms with van der Waals surface area (Å²) >= 11 is 0. The van der Waals surface area contributed by atoms with Crippen molar-refractivity contribution in [1.29, 1.82) is 0 Å². The number of rotatable bonds is 9. The molecule has 0 bridgehead atoms. The summed E-state index contributed by atoms with van der Waals surface area (Å²) in [4.78, 5) is 23.0. The fourth-order valence-corrected chi connectivity index (χ4v) is 6.04. The molecule has 4 aromatic rings. The molecule has 2 unspecified atom stereocenters. The quantitative estimate of drug-likeness (QED) is 0.274. The van der Waals surface area contributed by atoms with Gasteiger partial charge in [-0.05, 0) is 70.5 Å². The number of fused-ring (bicyclic) bond motifs is 1. The second-order valence-corrected chi connectivity index (χ2v) is 15.4. The van der Waals surface area contributed by atoms with Gasteiger partial charge in [0.2, 0.25) is 16.0 Å². The number of hydrogen-bond donors (Lipinski definition) is 1. The summed E-state index contributed by atoms with van der Waals surface area (Å²) < 4.78 is 60.0. The van der Waals surface area contributed by atoms with Crippen molar-refractivity contribution in [3.8, 4) is 11.1 Å². The SMILES string of the molecule is C=S(C)(=O)c1ccc(-c2cc3cnc(Nc4ccc(C5CCCCO5)cc4)nc3n(CCN(C)S(C)(=O)=O)c2=O)c(F)c1. The number of likely N-dealkylation sites (N-methyl/N-ethyl adjacent to an activating group) is 1. The summed E-state index contributed by atoms with van der Waals surface area (Å²) in [6, 6.07) is 13.3. The van der Waals surface area contributed by atoms with Crippen LogP contribution in [0.5, 0.6) is 0 Å². The molecule has 5 rings (SSSR count). The molecule has 2 atom stereocenters. The molecule has 10 nitrogen and oxygen atoms in total. The van der Waals surface area contributed by atoms with E-state index in [0.717, 1.165) is 53.7 Å². The van der Waals surface area contributed by atoms with Crippen molar-refractivity contribution in [3.05, 3.63) is 76.5 Å². The molecule has 0 saturated carbocycles. The minimum Gasteiger partial charge on any atom is -0.374 e. The summed E-state index contributed by atoms with van der Waals surface area (Å²) in [5, 5.41) is 3.61. The first-order valence-corrected chi connectivity index (χ1v) is 17.7. The highest BCUT2D eigenvalue weighted by Gasteiger charge is 2.20. The lowest BCUT2D eigenvalue weighted by Crippen LogP contribution is -2.33. The maximum atomic E-state index is 15.3. The molecule has 0 amide bonds. The third kappa shape index (κ3) is 6.96. The number of nitrogens with one attached hydrogen (secondary N) is 1. The van der Waals surface area contributed by atoms with Crippen molar-refractivity contribution in [1.82, 2.24) is 18.8 Å². The lowest BCUT2D eigenvalue weighted by molar-refractivity contribution is 0.0150. The molecule has 0 radical (unpaired) electrons. The lowest BCUT2D eigenvalue weighted by Gasteiger charge is -2.23. The zero-order chi connectivity index (χ0) is 30.9. The summed E-state index contributed by atoms with van der Waals surface area (Å²) in [5.41, 5.74) is 1.57. The molecule has 2 aromatic heterocycles. The van der Waals surface area contributed by atoms with Crippen molar-refractivity contribution >= 4 is 48.1 Å². The van der Waals surface area contributed by atoms with Crippen LogP contribution in [0.1, 0.15) is 30.9 Å². The highest BCUT2D eigenvalue weighted by Crippen LogP contribution is 2.29. The largest absolute Gasteiger partial charge is 0.374 e. The van der Waals surface area contributed by atoms with Crippen LogP contribution in [-0.4, -0.2) is 70.0 Å². The molecule has 0 spiro atoms. The predicted molar refractivity (Wildman–Crippen MR) is 168 cm³/mol. The number of pyridine rings is 1. The average Bonchev–Trinajstić information content (AvgIpc) is 2.96. The molecular formula is C30H34FN5O5S2. The number of aromatic nitrogens is 3. The van der Waals surface area contributed by atoms with Crippen molar-refractivity contribution in [2.45, 2.75) is 36.8 Å². The van der Waals surface area contributed by atoms with E-state index < -0.39 is 30.9 Å². The van der Waals surface area contributed by atoms with Crippen LogP contribution in [-0.2, 0) is 30.8 Å². The molecule has 1 saturated heterocycles. The topological polar surface area (TPSA) is 123 Å². The highest BCUT2D eigenvalue weighted by atomic mass is 32.2. The van der Waals surface area contributed by atoms with Gasteiger partial charge in [-0.1, -0.05) is 18.2 Å². The van der Waals surface area contributed by atoms with E-state index in [1.807, 2.05) is 24.3 Å². The Morgan fingerprint density at radius 2 is 1.84 bits per heavy atom. The first kappa shape index (κ1) is 30.8.